The highest BCUT2D eigenvalue weighted by atomic mass is 16.5. The SMILES string of the molecule is CCNC(=NCc1ccc(C(=O)OC)c(OC)c1)NCC. The van der Waals surface area contributed by atoms with Crippen LogP contribution in [0.1, 0.15) is 29.8 Å². The van der Waals surface area contributed by atoms with Crippen LogP contribution in [0.15, 0.2) is 23.2 Å². The number of nitrogens with zero attached hydrogens (tertiary/aromatic N) is 1. The van der Waals surface area contributed by atoms with E-state index in [-0.39, 0.29) is 0 Å². The molecule has 1 aromatic carbocycles. The molecule has 0 atom stereocenters. The molecule has 21 heavy (non-hydrogen) atoms. The number of benzene rings is 1. The molecule has 0 saturated heterocycles. The summed E-state index contributed by atoms with van der Waals surface area (Å²) in [6.07, 6.45) is 0. The Labute approximate surface area is 125 Å². The fraction of sp³-hybridized carbons (Fsp3) is 0.467. The molecule has 0 radical (unpaired) electrons. The molecule has 6 nitrogen and oxygen atoms in total. The number of hydrogen-bond donors (Lipinski definition) is 2. The van der Waals surface area contributed by atoms with E-state index in [4.69, 9.17) is 9.47 Å². The summed E-state index contributed by atoms with van der Waals surface area (Å²) in [5, 5.41) is 6.31. The highest BCUT2D eigenvalue weighted by Crippen LogP contribution is 2.21. The van der Waals surface area contributed by atoms with E-state index in [1.807, 2.05) is 19.9 Å². The molecule has 6 heteroatoms. The second kappa shape index (κ2) is 8.84. The predicted octanol–water partition coefficient (Wildman–Crippen LogP) is 1.56. The second-order valence-electron chi connectivity index (χ2n) is 4.25. The van der Waals surface area contributed by atoms with Gasteiger partial charge in [-0.25, -0.2) is 9.79 Å². The summed E-state index contributed by atoms with van der Waals surface area (Å²) in [4.78, 5) is 16.1. The van der Waals surface area contributed by atoms with E-state index in [2.05, 4.69) is 15.6 Å². The van der Waals surface area contributed by atoms with Crippen LogP contribution in [-0.2, 0) is 11.3 Å². The number of aliphatic imine (C=N–C) groups is 1. The lowest BCUT2D eigenvalue weighted by atomic mass is 10.1. The van der Waals surface area contributed by atoms with Crippen LogP contribution in [0, 0.1) is 0 Å². The van der Waals surface area contributed by atoms with Crippen LogP contribution in [0.4, 0.5) is 0 Å². The first-order valence-corrected chi connectivity index (χ1v) is 6.93. The third-order valence-corrected chi connectivity index (χ3v) is 2.78. The normalized spacial score (nSPS) is 9.71. The average Bonchev–Trinajstić information content (AvgIpc) is 2.52. The molecule has 1 aromatic rings. The fourth-order valence-electron chi connectivity index (χ4n) is 1.79. The largest absolute Gasteiger partial charge is 0.496 e. The van der Waals surface area contributed by atoms with Crippen molar-refractivity contribution in [3.8, 4) is 5.75 Å². The zero-order chi connectivity index (χ0) is 15.7. The van der Waals surface area contributed by atoms with Gasteiger partial charge in [0.05, 0.1) is 20.8 Å². The lowest BCUT2D eigenvalue weighted by Gasteiger charge is -2.10. The number of ether oxygens (including phenoxy) is 2. The van der Waals surface area contributed by atoms with E-state index in [0.717, 1.165) is 24.6 Å². The quantitative estimate of drug-likeness (QED) is 0.473. The van der Waals surface area contributed by atoms with Crippen LogP contribution in [-0.4, -0.2) is 39.2 Å². The van der Waals surface area contributed by atoms with Crippen molar-refractivity contribution in [1.82, 2.24) is 10.6 Å². The number of rotatable bonds is 6. The van der Waals surface area contributed by atoms with Gasteiger partial charge in [0.25, 0.3) is 0 Å². The number of carbonyl (C=O) groups is 1. The smallest absolute Gasteiger partial charge is 0.341 e. The number of nitrogens with one attached hydrogen (secondary N) is 2. The maximum Gasteiger partial charge on any atom is 0.341 e. The van der Waals surface area contributed by atoms with Crippen molar-refractivity contribution in [2.24, 2.45) is 4.99 Å². The Morgan fingerprint density at radius 1 is 1.19 bits per heavy atom. The summed E-state index contributed by atoms with van der Waals surface area (Å²) >= 11 is 0. The van der Waals surface area contributed by atoms with Crippen LogP contribution in [0.25, 0.3) is 0 Å². The molecular weight excluding hydrogens is 270 g/mol. The third kappa shape index (κ3) is 4.98. The summed E-state index contributed by atoms with van der Waals surface area (Å²) in [5.74, 6) is 0.835. The van der Waals surface area contributed by atoms with Gasteiger partial charge in [0, 0.05) is 13.1 Å². The van der Waals surface area contributed by atoms with E-state index in [1.54, 1.807) is 12.1 Å². The molecule has 0 spiro atoms. The minimum atomic E-state index is -0.414. The van der Waals surface area contributed by atoms with Crippen molar-refractivity contribution in [2.75, 3.05) is 27.3 Å². The van der Waals surface area contributed by atoms with E-state index in [0.29, 0.717) is 17.9 Å². The molecule has 0 unspecified atom stereocenters. The Bertz CT molecular complexity index is 493. The van der Waals surface area contributed by atoms with Crippen LogP contribution in [0.5, 0.6) is 5.75 Å². The summed E-state index contributed by atoms with van der Waals surface area (Å²) in [7, 11) is 2.87. The molecule has 0 bridgehead atoms. The summed E-state index contributed by atoms with van der Waals surface area (Å²) < 4.78 is 9.94. The zero-order valence-corrected chi connectivity index (χ0v) is 13.0. The molecule has 0 aliphatic carbocycles. The van der Waals surface area contributed by atoms with Crippen molar-refractivity contribution in [3.63, 3.8) is 0 Å². The van der Waals surface area contributed by atoms with Gasteiger partial charge in [-0.15, -0.1) is 0 Å². The van der Waals surface area contributed by atoms with Gasteiger partial charge >= 0.3 is 5.97 Å². The molecule has 116 valence electrons. The minimum absolute atomic E-state index is 0.409. The standard InChI is InChI=1S/C15H23N3O3/c1-5-16-15(17-6-2)18-10-11-7-8-12(14(19)21-4)13(9-11)20-3/h7-9H,5-6,10H2,1-4H3,(H2,16,17,18). The van der Waals surface area contributed by atoms with E-state index in [9.17, 15) is 4.79 Å². The van der Waals surface area contributed by atoms with Gasteiger partial charge in [-0.1, -0.05) is 6.07 Å². The monoisotopic (exact) mass is 293 g/mol. The van der Waals surface area contributed by atoms with Crippen molar-refractivity contribution in [2.45, 2.75) is 20.4 Å². The molecule has 2 N–H and O–H groups in total. The maximum atomic E-state index is 11.6. The van der Waals surface area contributed by atoms with Gasteiger partial charge in [0.15, 0.2) is 5.96 Å². The highest BCUT2D eigenvalue weighted by molar-refractivity contribution is 5.92. The van der Waals surface area contributed by atoms with Crippen molar-refractivity contribution < 1.29 is 14.3 Å². The third-order valence-electron chi connectivity index (χ3n) is 2.78. The van der Waals surface area contributed by atoms with Crippen molar-refractivity contribution in [3.05, 3.63) is 29.3 Å². The molecule has 0 amide bonds. The first kappa shape index (κ1) is 16.8. The summed E-state index contributed by atoms with van der Waals surface area (Å²) in [5.41, 5.74) is 1.36. The first-order chi connectivity index (χ1) is 10.2. The number of esters is 1. The Kier molecular flexibility index (Phi) is 7.08. The van der Waals surface area contributed by atoms with Crippen molar-refractivity contribution >= 4 is 11.9 Å². The maximum absolute atomic E-state index is 11.6. The summed E-state index contributed by atoms with van der Waals surface area (Å²) in [6.45, 7) is 6.13. The number of hydrogen-bond acceptors (Lipinski definition) is 4. The summed E-state index contributed by atoms with van der Waals surface area (Å²) in [6, 6.07) is 5.33. The predicted molar refractivity (Wildman–Crippen MR) is 82.8 cm³/mol. The minimum Gasteiger partial charge on any atom is -0.496 e. The van der Waals surface area contributed by atoms with E-state index in [1.165, 1.54) is 14.2 Å². The Hall–Kier alpha value is -2.24. The van der Waals surface area contributed by atoms with Gasteiger partial charge in [-0.3, -0.25) is 0 Å². The Morgan fingerprint density at radius 3 is 2.38 bits per heavy atom. The molecule has 0 aliphatic heterocycles. The molecule has 0 heterocycles. The lowest BCUT2D eigenvalue weighted by Crippen LogP contribution is -2.36. The number of guanidine groups is 1. The Balaban J connectivity index is 2.89. The van der Waals surface area contributed by atoms with Gasteiger partial charge in [-0.05, 0) is 31.5 Å². The van der Waals surface area contributed by atoms with Crippen molar-refractivity contribution in [1.29, 1.82) is 0 Å². The number of carbonyl (C=O) groups excluding carboxylic acids is 1. The van der Waals surface area contributed by atoms with Crippen LogP contribution in [0.3, 0.4) is 0 Å². The fourth-order valence-corrected chi connectivity index (χ4v) is 1.79. The molecule has 0 saturated carbocycles. The van der Waals surface area contributed by atoms with Gasteiger partial charge in [0.1, 0.15) is 11.3 Å². The van der Waals surface area contributed by atoms with E-state index < -0.39 is 5.97 Å². The van der Waals surface area contributed by atoms with Crippen LogP contribution < -0.4 is 15.4 Å². The van der Waals surface area contributed by atoms with Gasteiger partial charge in [-0.2, -0.15) is 0 Å². The van der Waals surface area contributed by atoms with Crippen LogP contribution in [0.2, 0.25) is 0 Å². The molecule has 0 fully saturated rings. The number of methoxy groups -OCH3 is 2. The zero-order valence-electron chi connectivity index (χ0n) is 13.0. The van der Waals surface area contributed by atoms with E-state index >= 15 is 0 Å². The van der Waals surface area contributed by atoms with Gasteiger partial charge in [0.2, 0.25) is 0 Å². The first-order valence-electron chi connectivity index (χ1n) is 6.93. The Morgan fingerprint density at radius 2 is 1.86 bits per heavy atom. The topological polar surface area (TPSA) is 72.0 Å². The lowest BCUT2D eigenvalue weighted by molar-refractivity contribution is 0.0597. The van der Waals surface area contributed by atoms with Crippen LogP contribution >= 0.6 is 0 Å². The second-order valence-corrected chi connectivity index (χ2v) is 4.25. The molecule has 0 aliphatic rings. The molecular formula is C15H23N3O3. The van der Waals surface area contributed by atoms with Gasteiger partial charge < -0.3 is 20.1 Å². The average molecular weight is 293 g/mol. The molecule has 1 rings (SSSR count). The highest BCUT2D eigenvalue weighted by Gasteiger charge is 2.12. The molecule has 0 aromatic heterocycles.